The average Bonchev–Trinajstić information content (AvgIpc) is 3.05. The Kier molecular flexibility index (Phi) is 8.31. The summed E-state index contributed by atoms with van der Waals surface area (Å²) in [7, 11) is 0. The summed E-state index contributed by atoms with van der Waals surface area (Å²) in [6, 6.07) is 0. The first-order chi connectivity index (χ1) is 10.2. The third kappa shape index (κ3) is 6.26. The molecule has 0 spiro atoms. The summed E-state index contributed by atoms with van der Waals surface area (Å²) in [5, 5.41) is 13.5. The van der Waals surface area contributed by atoms with E-state index in [2.05, 4.69) is 36.1 Å². The lowest BCUT2D eigenvalue weighted by atomic mass is 10.3. The highest BCUT2D eigenvalue weighted by atomic mass is 127. The number of hydrogen-bond donors (Lipinski definition) is 2. The van der Waals surface area contributed by atoms with Gasteiger partial charge >= 0.3 is 0 Å². The molecule has 2 N–H and O–H groups in total. The van der Waals surface area contributed by atoms with Crippen LogP contribution in [0.3, 0.4) is 0 Å². The quantitative estimate of drug-likeness (QED) is 0.410. The number of thiazole rings is 1. The van der Waals surface area contributed by atoms with Gasteiger partial charge in [-0.1, -0.05) is 5.16 Å². The van der Waals surface area contributed by atoms with E-state index in [1.165, 1.54) is 0 Å². The van der Waals surface area contributed by atoms with Crippen molar-refractivity contribution in [1.82, 2.24) is 25.8 Å². The number of aromatic nitrogens is 3. The third-order valence-electron chi connectivity index (χ3n) is 2.63. The molecule has 9 heteroatoms. The van der Waals surface area contributed by atoms with Crippen LogP contribution >= 0.6 is 35.3 Å². The summed E-state index contributed by atoms with van der Waals surface area (Å²) in [5.74, 6) is 1.88. The maximum absolute atomic E-state index is 4.92. The first kappa shape index (κ1) is 18.8. The summed E-state index contributed by atoms with van der Waals surface area (Å²) in [5.41, 5.74) is 1.11. The minimum Gasteiger partial charge on any atom is -0.357 e. The van der Waals surface area contributed by atoms with Gasteiger partial charge in [-0.25, -0.2) is 9.98 Å². The van der Waals surface area contributed by atoms with Gasteiger partial charge in [0.1, 0.15) is 6.54 Å². The van der Waals surface area contributed by atoms with Crippen molar-refractivity contribution in [3.63, 3.8) is 0 Å². The van der Waals surface area contributed by atoms with Crippen LogP contribution in [0.15, 0.2) is 14.9 Å². The molecule has 22 heavy (non-hydrogen) atoms. The van der Waals surface area contributed by atoms with Crippen LogP contribution in [0.1, 0.15) is 29.3 Å². The largest absolute Gasteiger partial charge is 0.357 e. The van der Waals surface area contributed by atoms with E-state index in [1.54, 1.807) is 18.3 Å². The van der Waals surface area contributed by atoms with E-state index in [0.29, 0.717) is 18.3 Å². The first-order valence-corrected chi connectivity index (χ1v) is 7.77. The molecule has 2 aromatic rings. The second-order valence-corrected chi connectivity index (χ2v) is 5.52. The van der Waals surface area contributed by atoms with Crippen LogP contribution < -0.4 is 10.6 Å². The van der Waals surface area contributed by atoms with Gasteiger partial charge in [0.2, 0.25) is 5.89 Å². The van der Waals surface area contributed by atoms with E-state index in [4.69, 9.17) is 4.52 Å². The molecule has 0 bridgehead atoms. The Morgan fingerprint density at radius 3 is 2.73 bits per heavy atom. The summed E-state index contributed by atoms with van der Waals surface area (Å²) in [4.78, 5) is 13.0. The number of rotatable bonds is 6. The maximum atomic E-state index is 4.92. The zero-order valence-corrected chi connectivity index (χ0v) is 16.1. The van der Waals surface area contributed by atoms with Crippen LogP contribution in [0.25, 0.3) is 0 Å². The molecule has 0 unspecified atom stereocenters. The van der Waals surface area contributed by atoms with Crippen molar-refractivity contribution >= 4 is 41.3 Å². The molecule has 0 aliphatic heterocycles. The van der Waals surface area contributed by atoms with Crippen molar-refractivity contribution < 1.29 is 4.52 Å². The number of guanidine groups is 1. The van der Waals surface area contributed by atoms with Crippen LogP contribution in [0.4, 0.5) is 0 Å². The van der Waals surface area contributed by atoms with Gasteiger partial charge in [-0.3, -0.25) is 0 Å². The van der Waals surface area contributed by atoms with Crippen LogP contribution in [-0.2, 0) is 13.0 Å². The van der Waals surface area contributed by atoms with Crippen molar-refractivity contribution in [2.24, 2.45) is 4.99 Å². The summed E-state index contributed by atoms with van der Waals surface area (Å²) in [6.45, 7) is 7.77. The Bertz CT molecular complexity index is 597. The molecule has 0 atom stereocenters. The molecule has 0 radical (unpaired) electrons. The molecular weight excluding hydrogens is 415 g/mol. The number of nitrogens with one attached hydrogen (secondary N) is 2. The van der Waals surface area contributed by atoms with Gasteiger partial charge in [0.15, 0.2) is 11.8 Å². The molecule has 122 valence electrons. The van der Waals surface area contributed by atoms with Gasteiger partial charge in [-0.2, -0.15) is 4.98 Å². The van der Waals surface area contributed by atoms with Gasteiger partial charge in [0, 0.05) is 31.8 Å². The molecule has 0 amide bonds. The molecule has 0 fully saturated rings. The van der Waals surface area contributed by atoms with Gasteiger partial charge in [-0.05, 0) is 13.8 Å². The molecule has 0 aliphatic rings. The lowest BCUT2D eigenvalue weighted by Gasteiger charge is -2.09. The molecule has 2 rings (SSSR count). The predicted octanol–water partition coefficient (Wildman–Crippen LogP) is 2.06. The molecule has 0 aromatic carbocycles. The number of halogens is 1. The Morgan fingerprint density at radius 2 is 2.14 bits per heavy atom. The van der Waals surface area contributed by atoms with E-state index >= 15 is 0 Å². The van der Waals surface area contributed by atoms with Gasteiger partial charge in [-0.15, -0.1) is 35.3 Å². The zero-order valence-electron chi connectivity index (χ0n) is 12.9. The molecule has 0 aliphatic carbocycles. The monoisotopic (exact) mass is 436 g/mol. The molecule has 2 heterocycles. The normalized spacial score (nSPS) is 11.1. The highest BCUT2D eigenvalue weighted by molar-refractivity contribution is 14.0. The van der Waals surface area contributed by atoms with Crippen LogP contribution in [-0.4, -0.2) is 34.2 Å². The average molecular weight is 436 g/mol. The highest BCUT2D eigenvalue weighted by Gasteiger charge is 2.03. The van der Waals surface area contributed by atoms with E-state index < -0.39 is 0 Å². The smallest absolute Gasteiger partial charge is 0.223 e. The van der Waals surface area contributed by atoms with Gasteiger partial charge in [0.25, 0.3) is 0 Å². The van der Waals surface area contributed by atoms with Gasteiger partial charge < -0.3 is 15.2 Å². The maximum Gasteiger partial charge on any atom is 0.223 e. The Morgan fingerprint density at radius 1 is 1.32 bits per heavy atom. The van der Waals surface area contributed by atoms with Crippen LogP contribution in [0, 0.1) is 13.8 Å². The molecular formula is C13H21IN6OS. The number of hydrogen-bond acceptors (Lipinski definition) is 6. The van der Waals surface area contributed by atoms with Crippen molar-refractivity contribution in [2.45, 2.75) is 33.7 Å². The van der Waals surface area contributed by atoms with E-state index in [0.717, 1.165) is 36.2 Å². The Balaban J connectivity index is 0.00000242. The van der Waals surface area contributed by atoms with Crippen LogP contribution in [0.5, 0.6) is 0 Å². The van der Waals surface area contributed by atoms with Crippen molar-refractivity contribution in [2.75, 3.05) is 13.1 Å². The van der Waals surface area contributed by atoms with E-state index in [-0.39, 0.29) is 24.0 Å². The third-order valence-corrected chi connectivity index (χ3v) is 3.45. The second kappa shape index (κ2) is 9.72. The highest BCUT2D eigenvalue weighted by Crippen LogP contribution is 2.07. The summed E-state index contributed by atoms with van der Waals surface area (Å²) >= 11 is 1.67. The summed E-state index contributed by atoms with van der Waals surface area (Å²) < 4.78 is 4.92. The lowest BCUT2D eigenvalue weighted by Crippen LogP contribution is -2.38. The fraction of sp³-hybridized carbons (Fsp3) is 0.538. The molecule has 0 saturated heterocycles. The first-order valence-electron chi connectivity index (χ1n) is 6.89. The Hall–Kier alpha value is -1.23. The second-order valence-electron chi connectivity index (χ2n) is 4.46. The van der Waals surface area contributed by atoms with Crippen molar-refractivity contribution in [3.05, 3.63) is 27.8 Å². The zero-order chi connectivity index (χ0) is 15.1. The molecule has 0 saturated carbocycles. The fourth-order valence-corrected chi connectivity index (χ4v) is 2.38. The lowest BCUT2D eigenvalue weighted by molar-refractivity contribution is 0.387. The molecule has 2 aromatic heterocycles. The Labute approximate surface area is 151 Å². The van der Waals surface area contributed by atoms with Crippen LogP contribution in [0.2, 0.25) is 0 Å². The number of aryl methyl sites for hydroxylation is 2. The van der Waals surface area contributed by atoms with Crippen molar-refractivity contribution in [1.29, 1.82) is 0 Å². The number of aliphatic imine (C=N–C) groups is 1. The number of nitrogens with zero attached hydrogens (tertiary/aromatic N) is 4. The standard InChI is InChI=1S/C13H20N6OS.HI/c1-4-14-13(16-7-12-17-9(2)20-19-12)15-6-5-11-8-21-10(3)18-11;/h8H,4-7H2,1-3H3,(H2,14,15,16);1H. The van der Waals surface area contributed by atoms with E-state index in [1.807, 2.05) is 13.8 Å². The minimum absolute atomic E-state index is 0. The van der Waals surface area contributed by atoms with Gasteiger partial charge in [0.05, 0.1) is 10.7 Å². The van der Waals surface area contributed by atoms with E-state index in [9.17, 15) is 0 Å². The topological polar surface area (TPSA) is 88.2 Å². The predicted molar refractivity (Wildman–Crippen MR) is 97.8 cm³/mol. The minimum atomic E-state index is 0. The summed E-state index contributed by atoms with van der Waals surface area (Å²) in [6.07, 6.45) is 0.871. The molecule has 7 nitrogen and oxygen atoms in total. The SMILES string of the molecule is CCNC(=NCc1noc(C)n1)NCCc1csc(C)n1.I. The fourth-order valence-electron chi connectivity index (χ4n) is 1.73. The van der Waals surface area contributed by atoms with Crippen molar-refractivity contribution in [3.8, 4) is 0 Å².